The maximum absolute atomic E-state index is 10.7. The SMILES string of the molecule is Cc1cc(OCc2cnc(NN)s2)ccc1[N+](=O)[O-]. The molecule has 0 bridgehead atoms. The van der Waals surface area contributed by atoms with Gasteiger partial charge in [0.05, 0.1) is 9.80 Å². The van der Waals surface area contributed by atoms with E-state index in [1.807, 2.05) is 0 Å². The number of nitrogens with one attached hydrogen (secondary N) is 1. The third kappa shape index (κ3) is 3.18. The van der Waals surface area contributed by atoms with Gasteiger partial charge in [-0.15, -0.1) is 0 Å². The Balaban J connectivity index is 2.03. The fourth-order valence-electron chi connectivity index (χ4n) is 1.52. The molecule has 0 radical (unpaired) electrons. The lowest BCUT2D eigenvalue weighted by atomic mass is 10.2. The Labute approximate surface area is 113 Å². The van der Waals surface area contributed by atoms with Crippen molar-refractivity contribution < 1.29 is 9.66 Å². The van der Waals surface area contributed by atoms with Gasteiger partial charge < -0.3 is 4.74 Å². The first-order valence-corrected chi connectivity index (χ1v) is 6.21. The van der Waals surface area contributed by atoms with E-state index in [1.54, 1.807) is 25.3 Å². The highest BCUT2D eigenvalue weighted by atomic mass is 32.1. The van der Waals surface area contributed by atoms with Gasteiger partial charge in [-0.3, -0.25) is 15.5 Å². The largest absolute Gasteiger partial charge is 0.488 e. The first-order valence-electron chi connectivity index (χ1n) is 5.39. The predicted octanol–water partition coefficient (Wildman–Crippen LogP) is 2.22. The quantitative estimate of drug-likeness (QED) is 0.494. The van der Waals surface area contributed by atoms with E-state index in [-0.39, 0.29) is 5.69 Å². The zero-order valence-electron chi connectivity index (χ0n) is 10.1. The molecule has 1 heterocycles. The average molecular weight is 280 g/mol. The first-order chi connectivity index (χ1) is 9.10. The Morgan fingerprint density at radius 1 is 1.58 bits per heavy atom. The van der Waals surface area contributed by atoms with E-state index < -0.39 is 4.92 Å². The molecule has 19 heavy (non-hydrogen) atoms. The number of rotatable bonds is 5. The van der Waals surface area contributed by atoms with Crippen molar-refractivity contribution in [2.24, 2.45) is 5.84 Å². The fraction of sp³-hybridized carbons (Fsp3) is 0.182. The summed E-state index contributed by atoms with van der Waals surface area (Å²) in [6, 6.07) is 4.65. The zero-order chi connectivity index (χ0) is 13.8. The van der Waals surface area contributed by atoms with E-state index in [4.69, 9.17) is 10.6 Å². The highest BCUT2D eigenvalue weighted by Crippen LogP contribution is 2.24. The lowest BCUT2D eigenvalue weighted by Gasteiger charge is -2.05. The summed E-state index contributed by atoms with van der Waals surface area (Å²) in [6.07, 6.45) is 1.66. The van der Waals surface area contributed by atoms with Crippen LogP contribution in [0.2, 0.25) is 0 Å². The molecular weight excluding hydrogens is 268 g/mol. The molecule has 3 N–H and O–H groups in total. The lowest BCUT2D eigenvalue weighted by Crippen LogP contribution is -2.05. The van der Waals surface area contributed by atoms with Gasteiger partial charge in [0.15, 0.2) is 5.13 Å². The monoisotopic (exact) mass is 280 g/mol. The van der Waals surface area contributed by atoms with E-state index in [1.165, 1.54) is 17.4 Å². The molecule has 1 aromatic carbocycles. The molecule has 0 aliphatic rings. The number of nitro benzene ring substituents is 1. The van der Waals surface area contributed by atoms with Gasteiger partial charge in [0.25, 0.3) is 5.69 Å². The molecule has 1 aromatic heterocycles. The molecule has 2 aromatic rings. The van der Waals surface area contributed by atoms with E-state index in [9.17, 15) is 10.1 Å². The van der Waals surface area contributed by atoms with Crippen molar-refractivity contribution in [1.29, 1.82) is 0 Å². The van der Waals surface area contributed by atoms with Crippen molar-refractivity contribution >= 4 is 22.2 Å². The average Bonchev–Trinajstić information content (AvgIpc) is 2.84. The standard InChI is InChI=1S/C11H12N4O3S/c1-7-4-8(2-3-10(7)15(16)17)18-6-9-5-13-11(14-12)19-9/h2-5H,6,12H2,1H3,(H,13,14). The van der Waals surface area contributed by atoms with Crippen LogP contribution in [0.25, 0.3) is 0 Å². The molecular formula is C11H12N4O3S. The van der Waals surface area contributed by atoms with Crippen LogP contribution < -0.4 is 16.0 Å². The number of nitrogen functional groups attached to an aromatic ring is 1. The number of ether oxygens (including phenoxy) is 1. The summed E-state index contributed by atoms with van der Waals surface area (Å²) in [4.78, 5) is 15.2. The van der Waals surface area contributed by atoms with Gasteiger partial charge in [0.1, 0.15) is 12.4 Å². The van der Waals surface area contributed by atoms with E-state index in [2.05, 4.69) is 10.4 Å². The second-order valence-corrected chi connectivity index (χ2v) is 4.89. The van der Waals surface area contributed by atoms with Gasteiger partial charge in [-0.2, -0.15) is 0 Å². The zero-order valence-corrected chi connectivity index (χ0v) is 10.9. The minimum atomic E-state index is -0.415. The normalized spacial score (nSPS) is 10.2. The highest BCUT2D eigenvalue weighted by molar-refractivity contribution is 7.15. The van der Waals surface area contributed by atoms with Gasteiger partial charge in [-0.1, -0.05) is 11.3 Å². The van der Waals surface area contributed by atoms with Crippen LogP contribution in [-0.2, 0) is 6.61 Å². The van der Waals surface area contributed by atoms with Crippen molar-refractivity contribution in [2.45, 2.75) is 13.5 Å². The summed E-state index contributed by atoms with van der Waals surface area (Å²) < 4.78 is 5.54. The van der Waals surface area contributed by atoms with Gasteiger partial charge in [-0.05, 0) is 19.1 Å². The second kappa shape index (κ2) is 5.63. The van der Waals surface area contributed by atoms with Gasteiger partial charge in [0, 0.05) is 17.8 Å². The molecule has 0 unspecified atom stereocenters. The third-order valence-corrected chi connectivity index (χ3v) is 3.33. The summed E-state index contributed by atoms with van der Waals surface area (Å²) in [7, 11) is 0. The Morgan fingerprint density at radius 2 is 2.37 bits per heavy atom. The highest BCUT2D eigenvalue weighted by Gasteiger charge is 2.11. The number of nitro groups is 1. The fourth-order valence-corrected chi connectivity index (χ4v) is 2.15. The first kappa shape index (κ1) is 13.2. The summed E-state index contributed by atoms with van der Waals surface area (Å²) >= 11 is 1.38. The molecule has 0 amide bonds. The topological polar surface area (TPSA) is 103 Å². The molecule has 8 heteroatoms. The molecule has 0 fully saturated rings. The lowest BCUT2D eigenvalue weighted by molar-refractivity contribution is -0.385. The smallest absolute Gasteiger partial charge is 0.272 e. The van der Waals surface area contributed by atoms with Crippen LogP contribution in [0.3, 0.4) is 0 Å². The Hall–Kier alpha value is -2.19. The minimum Gasteiger partial charge on any atom is -0.488 e. The maximum atomic E-state index is 10.7. The number of aryl methyl sites for hydroxylation is 1. The van der Waals surface area contributed by atoms with Crippen molar-refractivity contribution in [3.8, 4) is 5.75 Å². The molecule has 0 saturated carbocycles. The molecule has 0 aliphatic heterocycles. The van der Waals surface area contributed by atoms with E-state index in [0.717, 1.165) is 4.88 Å². The Bertz CT molecular complexity index is 599. The summed E-state index contributed by atoms with van der Waals surface area (Å²) in [6.45, 7) is 2.02. The van der Waals surface area contributed by atoms with Crippen molar-refractivity contribution in [2.75, 3.05) is 5.43 Å². The molecule has 0 atom stereocenters. The number of hydrogen-bond donors (Lipinski definition) is 2. The number of hydrazine groups is 1. The van der Waals surface area contributed by atoms with Crippen molar-refractivity contribution in [1.82, 2.24) is 4.98 Å². The van der Waals surface area contributed by atoms with Crippen LogP contribution in [0.1, 0.15) is 10.4 Å². The number of thiazole rings is 1. The number of anilines is 1. The third-order valence-electron chi connectivity index (χ3n) is 2.42. The number of nitrogens with zero attached hydrogens (tertiary/aromatic N) is 2. The summed E-state index contributed by atoms with van der Waals surface area (Å²) in [5.41, 5.74) is 3.10. The molecule has 7 nitrogen and oxygen atoms in total. The van der Waals surface area contributed by atoms with Crippen LogP contribution in [0, 0.1) is 17.0 Å². The number of benzene rings is 1. The van der Waals surface area contributed by atoms with Crippen LogP contribution in [0.4, 0.5) is 10.8 Å². The molecule has 0 aliphatic carbocycles. The van der Waals surface area contributed by atoms with Gasteiger partial charge in [0.2, 0.25) is 0 Å². The predicted molar refractivity (Wildman–Crippen MR) is 72.1 cm³/mol. The molecule has 0 saturated heterocycles. The number of aromatic nitrogens is 1. The van der Waals surface area contributed by atoms with Crippen LogP contribution in [0.15, 0.2) is 24.4 Å². The maximum Gasteiger partial charge on any atom is 0.272 e. The van der Waals surface area contributed by atoms with Crippen LogP contribution >= 0.6 is 11.3 Å². The van der Waals surface area contributed by atoms with Crippen LogP contribution in [0.5, 0.6) is 5.75 Å². The van der Waals surface area contributed by atoms with E-state index in [0.29, 0.717) is 23.1 Å². The van der Waals surface area contributed by atoms with Gasteiger partial charge >= 0.3 is 0 Å². The Kier molecular flexibility index (Phi) is 3.93. The minimum absolute atomic E-state index is 0.0831. The van der Waals surface area contributed by atoms with E-state index >= 15 is 0 Å². The number of hydrogen-bond acceptors (Lipinski definition) is 7. The van der Waals surface area contributed by atoms with Crippen molar-refractivity contribution in [3.63, 3.8) is 0 Å². The molecule has 2 rings (SSSR count). The summed E-state index contributed by atoms with van der Waals surface area (Å²) in [5, 5.41) is 11.3. The summed E-state index contributed by atoms with van der Waals surface area (Å²) in [5.74, 6) is 5.81. The van der Waals surface area contributed by atoms with Crippen LogP contribution in [-0.4, -0.2) is 9.91 Å². The Morgan fingerprint density at radius 3 is 2.95 bits per heavy atom. The second-order valence-electron chi connectivity index (χ2n) is 3.77. The van der Waals surface area contributed by atoms with Gasteiger partial charge in [-0.25, -0.2) is 10.8 Å². The van der Waals surface area contributed by atoms with Crippen molar-refractivity contribution in [3.05, 3.63) is 45.0 Å². The molecule has 100 valence electrons. The molecule has 0 spiro atoms. The number of nitrogens with two attached hydrogens (primary N) is 1.